The van der Waals surface area contributed by atoms with Crippen LogP contribution in [0.3, 0.4) is 0 Å². The highest BCUT2D eigenvalue weighted by Crippen LogP contribution is 2.16. The zero-order chi connectivity index (χ0) is 11.5. The van der Waals surface area contributed by atoms with Gasteiger partial charge in [-0.2, -0.15) is 0 Å². The van der Waals surface area contributed by atoms with E-state index in [1.807, 2.05) is 28.9 Å². The Morgan fingerprint density at radius 1 is 1.62 bits per heavy atom. The van der Waals surface area contributed by atoms with E-state index in [1.165, 1.54) is 0 Å². The standard InChI is InChI=1S/C11H11IN4/c1-14-6-9(5-13)8-2-3-16-10(12)7-15-11(16)4-8/h2-7H,13H2,1H3. The maximum Gasteiger partial charge on any atom is 0.138 e. The van der Waals surface area contributed by atoms with E-state index in [4.69, 9.17) is 5.73 Å². The van der Waals surface area contributed by atoms with E-state index < -0.39 is 0 Å². The fourth-order valence-corrected chi connectivity index (χ4v) is 2.03. The maximum absolute atomic E-state index is 5.56. The normalized spacial score (nSPS) is 12.8. The maximum atomic E-state index is 5.56. The lowest BCUT2D eigenvalue weighted by Crippen LogP contribution is -1.94. The average molecular weight is 326 g/mol. The van der Waals surface area contributed by atoms with Crippen molar-refractivity contribution in [3.05, 3.63) is 40.0 Å². The molecule has 82 valence electrons. The van der Waals surface area contributed by atoms with Crippen molar-refractivity contribution in [1.82, 2.24) is 9.38 Å². The number of aliphatic imine (C=N–C) groups is 1. The third-order valence-electron chi connectivity index (χ3n) is 2.25. The second kappa shape index (κ2) is 4.65. The lowest BCUT2D eigenvalue weighted by molar-refractivity contribution is 1.15. The molecule has 0 atom stereocenters. The van der Waals surface area contributed by atoms with Crippen LogP contribution in [0.4, 0.5) is 0 Å². The topological polar surface area (TPSA) is 55.7 Å². The monoisotopic (exact) mass is 326 g/mol. The van der Waals surface area contributed by atoms with Gasteiger partial charge >= 0.3 is 0 Å². The van der Waals surface area contributed by atoms with Crippen LogP contribution in [-0.4, -0.2) is 22.6 Å². The lowest BCUT2D eigenvalue weighted by Gasteiger charge is -2.02. The highest BCUT2D eigenvalue weighted by molar-refractivity contribution is 14.1. The molecular weight excluding hydrogens is 315 g/mol. The number of halogens is 1. The minimum Gasteiger partial charge on any atom is -0.404 e. The first-order valence-corrected chi connectivity index (χ1v) is 5.81. The summed E-state index contributed by atoms with van der Waals surface area (Å²) in [5, 5.41) is 0. The number of hydrogen-bond donors (Lipinski definition) is 1. The SMILES string of the molecule is CN=CC(=CN)c1ccn2c(I)cnc2c1. The van der Waals surface area contributed by atoms with Crippen LogP contribution in [0.5, 0.6) is 0 Å². The molecular formula is C11H11IN4. The van der Waals surface area contributed by atoms with Gasteiger partial charge in [0.25, 0.3) is 0 Å². The van der Waals surface area contributed by atoms with E-state index in [0.717, 1.165) is 20.5 Å². The molecule has 0 spiro atoms. The van der Waals surface area contributed by atoms with Crippen molar-refractivity contribution in [2.75, 3.05) is 7.05 Å². The minimum absolute atomic E-state index is 0.892. The number of rotatable bonds is 2. The summed E-state index contributed by atoms with van der Waals surface area (Å²) < 4.78 is 3.10. The van der Waals surface area contributed by atoms with Crippen LogP contribution in [0, 0.1) is 3.70 Å². The van der Waals surface area contributed by atoms with Gasteiger partial charge in [0, 0.05) is 31.2 Å². The lowest BCUT2D eigenvalue weighted by atomic mass is 10.1. The summed E-state index contributed by atoms with van der Waals surface area (Å²) in [5.41, 5.74) is 8.37. The second-order valence-electron chi connectivity index (χ2n) is 3.23. The van der Waals surface area contributed by atoms with Gasteiger partial charge in [-0.1, -0.05) is 0 Å². The second-order valence-corrected chi connectivity index (χ2v) is 4.34. The van der Waals surface area contributed by atoms with Crippen LogP contribution >= 0.6 is 22.6 Å². The van der Waals surface area contributed by atoms with Crippen molar-refractivity contribution in [3.63, 3.8) is 0 Å². The highest BCUT2D eigenvalue weighted by Gasteiger charge is 2.03. The fraction of sp³-hybridized carbons (Fsp3) is 0.0909. The molecule has 5 heteroatoms. The fourth-order valence-electron chi connectivity index (χ4n) is 1.48. The molecule has 0 aliphatic rings. The number of hydrogen-bond acceptors (Lipinski definition) is 3. The molecule has 4 nitrogen and oxygen atoms in total. The first kappa shape index (κ1) is 11.1. The molecule has 0 radical (unpaired) electrons. The molecule has 2 aromatic heterocycles. The first-order valence-electron chi connectivity index (χ1n) is 4.73. The van der Waals surface area contributed by atoms with Gasteiger partial charge in [-0.25, -0.2) is 4.98 Å². The molecule has 0 saturated heterocycles. The first-order chi connectivity index (χ1) is 7.76. The minimum atomic E-state index is 0.892. The largest absolute Gasteiger partial charge is 0.404 e. The number of allylic oxidation sites excluding steroid dienone is 1. The zero-order valence-corrected chi connectivity index (χ0v) is 10.9. The van der Waals surface area contributed by atoms with Gasteiger partial charge in [-0.05, 0) is 40.3 Å². The Labute approximate surface area is 107 Å². The summed E-state index contributed by atoms with van der Waals surface area (Å²) in [6.45, 7) is 0. The van der Waals surface area contributed by atoms with Crippen molar-refractivity contribution >= 4 is 40.0 Å². The molecule has 2 heterocycles. The van der Waals surface area contributed by atoms with E-state index >= 15 is 0 Å². The smallest absolute Gasteiger partial charge is 0.138 e. The Hall–Kier alpha value is -1.37. The van der Waals surface area contributed by atoms with Crippen LogP contribution in [0.15, 0.2) is 35.7 Å². The number of pyridine rings is 1. The summed E-state index contributed by atoms with van der Waals surface area (Å²) in [7, 11) is 1.72. The van der Waals surface area contributed by atoms with Crippen LogP contribution in [0.1, 0.15) is 5.56 Å². The molecule has 2 rings (SSSR count). The zero-order valence-electron chi connectivity index (χ0n) is 8.76. The highest BCUT2D eigenvalue weighted by atomic mass is 127. The van der Waals surface area contributed by atoms with Crippen LogP contribution in [0.25, 0.3) is 11.2 Å². The van der Waals surface area contributed by atoms with Crippen molar-refractivity contribution in [2.45, 2.75) is 0 Å². The number of nitrogens with two attached hydrogens (primary N) is 1. The van der Waals surface area contributed by atoms with Crippen LogP contribution in [-0.2, 0) is 0 Å². The van der Waals surface area contributed by atoms with Crippen molar-refractivity contribution in [3.8, 4) is 0 Å². The third-order valence-corrected chi connectivity index (χ3v) is 3.05. The molecule has 0 unspecified atom stereocenters. The molecule has 0 amide bonds. The molecule has 0 aromatic carbocycles. The number of fused-ring (bicyclic) bond motifs is 1. The Kier molecular flexibility index (Phi) is 3.23. The van der Waals surface area contributed by atoms with Gasteiger partial charge in [0.2, 0.25) is 0 Å². The van der Waals surface area contributed by atoms with E-state index in [1.54, 1.807) is 19.5 Å². The van der Waals surface area contributed by atoms with Crippen LogP contribution < -0.4 is 5.73 Å². The van der Waals surface area contributed by atoms with Crippen molar-refractivity contribution in [1.29, 1.82) is 0 Å². The van der Waals surface area contributed by atoms with Gasteiger partial charge in [0.05, 0.1) is 6.20 Å². The third kappa shape index (κ3) is 1.95. The van der Waals surface area contributed by atoms with Crippen LogP contribution in [0.2, 0.25) is 0 Å². The number of imidazole rings is 1. The Morgan fingerprint density at radius 2 is 2.44 bits per heavy atom. The van der Waals surface area contributed by atoms with Crippen molar-refractivity contribution < 1.29 is 0 Å². The van der Waals surface area contributed by atoms with E-state index in [2.05, 4.69) is 32.6 Å². The van der Waals surface area contributed by atoms with Gasteiger partial charge in [0.15, 0.2) is 0 Å². The molecule has 0 saturated carbocycles. The molecule has 0 bridgehead atoms. The summed E-state index contributed by atoms with van der Waals surface area (Å²) >= 11 is 2.24. The number of nitrogens with zero attached hydrogens (tertiary/aromatic N) is 3. The molecule has 0 fully saturated rings. The Morgan fingerprint density at radius 3 is 3.12 bits per heavy atom. The predicted octanol–water partition coefficient (Wildman–Crippen LogP) is 1.94. The summed E-state index contributed by atoms with van der Waals surface area (Å²) in [5.74, 6) is 0. The quantitative estimate of drug-likeness (QED) is 0.677. The predicted molar refractivity (Wildman–Crippen MR) is 74.5 cm³/mol. The average Bonchev–Trinajstić information content (AvgIpc) is 2.67. The van der Waals surface area contributed by atoms with Gasteiger partial charge in [-0.15, -0.1) is 0 Å². The Balaban J connectivity index is 2.54. The van der Waals surface area contributed by atoms with Gasteiger partial charge in [-0.3, -0.25) is 9.39 Å². The molecule has 16 heavy (non-hydrogen) atoms. The molecule has 0 aliphatic carbocycles. The number of aromatic nitrogens is 2. The van der Waals surface area contributed by atoms with E-state index in [0.29, 0.717) is 0 Å². The molecule has 2 aromatic rings. The van der Waals surface area contributed by atoms with Gasteiger partial charge in [0.1, 0.15) is 9.35 Å². The van der Waals surface area contributed by atoms with Crippen molar-refractivity contribution in [2.24, 2.45) is 10.7 Å². The van der Waals surface area contributed by atoms with E-state index in [-0.39, 0.29) is 0 Å². The summed E-state index contributed by atoms with van der Waals surface area (Å²) in [4.78, 5) is 8.27. The molecule has 0 aliphatic heterocycles. The molecule has 2 N–H and O–H groups in total. The Bertz CT molecular complexity index is 568. The van der Waals surface area contributed by atoms with E-state index in [9.17, 15) is 0 Å². The summed E-state index contributed by atoms with van der Waals surface area (Å²) in [6.07, 6.45) is 7.10. The summed E-state index contributed by atoms with van der Waals surface area (Å²) in [6, 6.07) is 3.99. The van der Waals surface area contributed by atoms with Gasteiger partial charge < -0.3 is 5.73 Å².